The first-order valence-corrected chi connectivity index (χ1v) is 11.3. The molecular weight excluding hydrogens is 346 g/mol. The summed E-state index contributed by atoms with van der Waals surface area (Å²) in [6.07, 6.45) is 8.84. The van der Waals surface area contributed by atoms with Crippen LogP contribution in [-0.4, -0.2) is 41.7 Å². The van der Waals surface area contributed by atoms with Crippen molar-refractivity contribution in [3.05, 3.63) is 53.6 Å². The average Bonchev–Trinajstić information content (AvgIpc) is 3.14. The highest BCUT2D eigenvalue weighted by atomic mass is 32.2. The van der Waals surface area contributed by atoms with E-state index in [9.17, 15) is 4.79 Å². The normalized spacial score (nSPS) is 17.0. The van der Waals surface area contributed by atoms with Crippen LogP contribution >= 0.6 is 23.5 Å². The molecule has 0 aliphatic carbocycles. The number of nitrogens with zero attached hydrogens (tertiary/aromatic N) is 1. The first-order valence-electron chi connectivity index (χ1n) is 8.93. The molecule has 1 unspecified atom stereocenters. The Morgan fingerprint density at radius 1 is 1.20 bits per heavy atom. The Bertz CT molecular complexity index is 604. The quantitative estimate of drug-likeness (QED) is 0.456. The largest absolute Gasteiger partial charge is 0.342 e. The second-order valence-electron chi connectivity index (χ2n) is 6.59. The van der Waals surface area contributed by atoms with Gasteiger partial charge in [0.15, 0.2) is 0 Å². The monoisotopic (exact) mass is 375 g/mol. The highest BCUT2D eigenvalue weighted by molar-refractivity contribution is 7.99. The number of allylic oxidation sites excluding steroid dienone is 1. The number of hydrogen-bond acceptors (Lipinski definition) is 3. The minimum absolute atomic E-state index is 0.0530. The molecule has 1 aromatic rings. The van der Waals surface area contributed by atoms with Crippen molar-refractivity contribution in [2.75, 3.05) is 30.9 Å². The lowest BCUT2D eigenvalue weighted by molar-refractivity contribution is -0.132. The van der Waals surface area contributed by atoms with Crippen LogP contribution in [0.4, 0.5) is 0 Å². The number of likely N-dealkylation sites (tertiary alicyclic amines) is 1. The van der Waals surface area contributed by atoms with Crippen molar-refractivity contribution in [3.8, 4) is 0 Å². The summed E-state index contributed by atoms with van der Waals surface area (Å²) in [6, 6.07) is 10.5. The van der Waals surface area contributed by atoms with Crippen LogP contribution < -0.4 is 0 Å². The number of hydrogen-bond donors (Lipinski definition) is 0. The smallest absolute Gasteiger partial charge is 0.229 e. The Morgan fingerprint density at radius 2 is 1.88 bits per heavy atom. The maximum Gasteiger partial charge on any atom is 0.229 e. The Kier molecular flexibility index (Phi) is 8.70. The molecular formula is C21H29NOS2. The standard InChI is InChI=1S/C21H29NOS2/c1-17(15-24-3)13-19(16-25-20-9-5-4-6-10-20)14-18(2)21(23)22-11-7-8-12-22/h4-6,9-10,13-14,18H,7-8,11-12,15-16H2,1-3H3/b17-13+,19-14+. The van der Waals surface area contributed by atoms with Gasteiger partial charge in [-0.05, 0) is 43.7 Å². The Hall–Kier alpha value is -1.13. The lowest BCUT2D eigenvalue weighted by Crippen LogP contribution is -2.31. The van der Waals surface area contributed by atoms with Gasteiger partial charge in [0.25, 0.3) is 0 Å². The third-order valence-corrected chi connectivity index (χ3v) is 6.05. The van der Waals surface area contributed by atoms with E-state index < -0.39 is 0 Å². The van der Waals surface area contributed by atoms with E-state index in [4.69, 9.17) is 0 Å². The van der Waals surface area contributed by atoms with Crippen molar-refractivity contribution in [3.63, 3.8) is 0 Å². The molecule has 0 spiro atoms. The SMILES string of the molecule is CSC/C(C)=C/C(=C\C(C)C(=O)N1CCCC1)CSc1ccccc1. The summed E-state index contributed by atoms with van der Waals surface area (Å²) in [5.74, 6) is 2.15. The summed E-state index contributed by atoms with van der Waals surface area (Å²) >= 11 is 3.66. The predicted octanol–water partition coefficient (Wildman–Crippen LogP) is 5.27. The van der Waals surface area contributed by atoms with Crippen molar-refractivity contribution in [2.45, 2.75) is 31.6 Å². The number of rotatable bonds is 8. The summed E-state index contributed by atoms with van der Waals surface area (Å²) in [5.41, 5.74) is 2.61. The van der Waals surface area contributed by atoms with Gasteiger partial charge in [-0.25, -0.2) is 0 Å². The zero-order chi connectivity index (χ0) is 18.1. The molecule has 0 saturated carbocycles. The van der Waals surface area contributed by atoms with E-state index in [0.717, 1.165) is 37.4 Å². The molecule has 0 N–H and O–H groups in total. The number of carbonyl (C=O) groups is 1. The van der Waals surface area contributed by atoms with Gasteiger partial charge >= 0.3 is 0 Å². The van der Waals surface area contributed by atoms with Gasteiger partial charge in [-0.2, -0.15) is 11.8 Å². The molecule has 0 bridgehead atoms. The summed E-state index contributed by atoms with van der Waals surface area (Å²) in [5, 5.41) is 0. The van der Waals surface area contributed by atoms with Crippen LogP contribution in [0, 0.1) is 5.92 Å². The first kappa shape index (κ1) is 20.2. The fourth-order valence-corrected chi connectivity index (χ4v) is 4.43. The molecule has 1 aromatic carbocycles. The summed E-state index contributed by atoms with van der Waals surface area (Å²) in [6.45, 7) is 6.05. The van der Waals surface area contributed by atoms with E-state index in [-0.39, 0.29) is 11.8 Å². The van der Waals surface area contributed by atoms with Crippen LogP contribution in [0.25, 0.3) is 0 Å². The second kappa shape index (κ2) is 10.8. The van der Waals surface area contributed by atoms with Gasteiger partial charge in [0.1, 0.15) is 0 Å². The van der Waals surface area contributed by atoms with Crippen molar-refractivity contribution in [1.29, 1.82) is 0 Å². The lowest BCUT2D eigenvalue weighted by Gasteiger charge is -2.19. The van der Waals surface area contributed by atoms with E-state index >= 15 is 0 Å². The van der Waals surface area contributed by atoms with E-state index in [0.29, 0.717) is 0 Å². The van der Waals surface area contributed by atoms with Crippen LogP contribution in [0.15, 0.2) is 58.5 Å². The minimum Gasteiger partial charge on any atom is -0.342 e. The summed E-state index contributed by atoms with van der Waals surface area (Å²) in [4.78, 5) is 15.9. The van der Waals surface area contributed by atoms with Crippen LogP contribution in [0.5, 0.6) is 0 Å². The van der Waals surface area contributed by atoms with E-state index in [1.807, 2.05) is 41.4 Å². The number of amides is 1. The maximum atomic E-state index is 12.6. The second-order valence-corrected chi connectivity index (χ2v) is 8.50. The van der Waals surface area contributed by atoms with Gasteiger partial charge in [-0.15, -0.1) is 11.8 Å². The fraction of sp³-hybridized carbons (Fsp3) is 0.476. The molecule has 2 nitrogen and oxygen atoms in total. The highest BCUT2D eigenvalue weighted by Crippen LogP contribution is 2.23. The molecule has 1 saturated heterocycles. The van der Waals surface area contributed by atoms with Crippen LogP contribution in [0.3, 0.4) is 0 Å². The molecule has 1 aliphatic heterocycles. The molecule has 1 atom stereocenters. The van der Waals surface area contributed by atoms with E-state index in [1.165, 1.54) is 16.0 Å². The summed E-state index contributed by atoms with van der Waals surface area (Å²) < 4.78 is 0. The van der Waals surface area contributed by atoms with Crippen molar-refractivity contribution < 1.29 is 4.79 Å². The fourth-order valence-electron chi connectivity index (χ4n) is 3.03. The molecule has 1 heterocycles. The maximum absolute atomic E-state index is 12.6. The molecule has 0 aromatic heterocycles. The van der Waals surface area contributed by atoms with Gasteiger partial charge in [-0.3, -0.25) is 4.79 Å². The molecule has 1 aliphatic rings. The van der Waals surface area contributed by atoms with E-state index in [1.54, 1.807) is 0 Å². The zero-order valence-electron chi connectivity index (χ0n) is 15.5. The Balaban J connectivity index is 2.08. The summed E-state index contributed by atoms with van der Waals surface area (Å²) in [7, 11) is 0. The third kappa shape index (κ3) is 6.95. The number of carbonyl (C=O) groups excluding carboxylic acids is 1. The zero-order valence-corrected chi connectivity index (χ0v) is 17.2. The Morgan fingerprint density at radius 3 is 2.52 bits per heavy atom. The van der Waals surface area contributed by atoms with Crippen LogP contribution in [0.2, 0.25) is 0 Å². The number of benzene rings is 1. The number of thioether (sulfide) groups is 2. The molecule has 25 heavy (non-hydrogen) atoms. The van der Waals surface area contributed by atoms with Gasteiger partial charge < -0.3 is 4.90 Å². The van der Waals surface area contributed by atoms with Gasteiger partial charge in [0, 0.05) is 29.5 Å². The topological polar surface area (TPSA) is 20.3 Å². The third-order valence-electron chi connectivity index (χ3n) is 4.22. The van der Waals surface area contributed by atoms with Crippen molar-refractivity contribution in [2.24, 2.45) is 5.92 Å². The van der Waals surface area contributed by atoms with Gasteiger partial charge in [0.05, 0.1) is 5.92 Å². The molecule has 1 fully saturated rings. The average molecular weight is 376 g/mol. The molecule has 1 amide bonds. The minimum atomic E-state index is -0.0530. The lowest BCUT2D eigenvalue weighted by atomic mass is 10.1. The van der Waals surface area contributed by atoms with Gasteiger partial charge in [-0.1, -0.05) is 42.8 Å². The first-order chi connectivity index (χ1) is 12.1. The van der Waals surface area contributed by atoms with Crippen LogP contribution in [0.1, 0.15) is 26.7 Å². The molecule has 136 valence electrons. The van der Waals surface area contributed by atoms with Crippen molar-refractivity contribution >= 4 is 29.4 Å². The van der Waals surface area contributed by atoms with Crippen molar-refractivity contribution in [1.82, 2.24) is 4.90 Å². The molecule has 2 rings (SSSR count). The molecule has 4 heteroatoms. The highest BCUT2D eigenvalue weighted by Gasteiger charge is 2.22. The Labute approximate surface area is 161 Å². The van der Waals surface area contributed by atoms with Crippen LogP contribution in [-0.2, 0) is 4.79 Å². The molecule has 0 radical (unpaired) electrons. The van der Waals surface area contributed by atoms with Gasteiger partial charge in [0.2, 0.25) is 5.91 Å². The van der Waals surface area contributed by atoms with E-state index in [2.05, 4.69) is 49.6 Å². The predicted molar refractivity (Wildman–Crippen MR) is 112 cm³/mol.